The fourth-order valence-electron chi connectivity index (χ4n) is 0.946. The average molecular weight is 201 g/mol. The molecule has 3 nitrogen and oxygen atoms in total. The summed E-state index contributed by atoms with van der Waals surface area (Å²) in [5.41, 5.74) is 0. The summed E-state index contributed by atoms with van der Waals surface area (Å²) in [6.07, 6.45) is 3.16. The van der Waals surface area contributed by atoms with Crippen molar-refractivity contribution in [3.05, 3.63) is 0 Å². The van der Waals surface area contributed by atoms with Crippen LogP contribution in [-0.2, 0) is 9.53 Å². The molecular formula is C11H23NO2. The number of hydrogen-bond donors (Lipinski definition) is 1. The van der Waals surface area contributed by atoms with Crippen LogP contribution in [0.15, 0.2) is 0 Å². The Morgan fingerprint density at radius 1 is 1.43 bits per heavy atom. The van der Waals surface area contributed by atoms with Gasteiger partial charge >= 0.3 is 5.97 Å². The molecule has 0 aliphatic heterocycles. The highest BCUT2D eigenvalue weighted by Gasteiger charge is 2.03. The highest BCUT2D eigenvalue weighted by Crippen LogP contribution is 1.96. The fraction of sp³-hybridized carbons (Fsp3) is 0.909. The third-order valence-electron chi connectivity index (χ3n) is 2.22. The molecule has 0 bridgehead atoms. The lowest BCUT2D eigenvalue weighted by Crippen LogP contribution is -2.28. The van der Waals surface area contributed by atoms with Crippen LogP contribution in [-0.4, -0.2) is 25.7 Å². The predicted molar refractivity (Wildman–Crippen MR) is 58.2 cm³/mol. The topological polar surface area (TPSA) is 38.3 Å². The van der Waals surface area contributed by atoms with Gasteiger partial charge in [0.2, 0.25) is 0 Å². The van der Waals surface area contributed by atoms with Gasteiger partial charge in [-0.1, -0.05) is 33.6 Å². The summed E-state index contributed by atoms with van der Waals surface area (Å²) in [7, 11) is 0. The minimum atomic E-state index is -0.137. The van der Waals surface area contributed by atoms with E-state index in [1.54, 1.807) is 0 Å². The number of ether oxygens (including phenoxy) is 1. The van der Waals surface area contributed by atoms with E-state index in [-0.39, 0.29) is 5.97 Å². The van der Waals surface area contributed by atoms with Gasteiger partial charge in [-0.05, 0) is 18.9 Å². The first kappa shape index (κ1) is 13.4. The van der Waals surface area contributed by atoms with Gasteiger partial charge in [0.05, 0.1) is 13.2 Å². The van der Waals surface area contributed by atoms with E-state index in [9.17, 15) is 4.79 Å². The van der Waals surface area contributed by atoms with Gasteiger partial charge < -0.3 is 10.1 Å². The van der Waals surface area contributed by atoms with E-state index in [1.807, 2.05) is 0 Å². The predicted octanol–water partition coefficient (Wildman–Crippen LogP) is 1.97. The highest BCUT2D eigenvalue weighted by atomic mass is 16.5. The summed E-state index contributed by atoms with van der Waals surface area (Å²) in [5.74, 6) is 0.486. The number of carbonyl (C=O) groups excluding carboxylic acids is 1. The minimum Gasteiger partial charge on any atom is -0.465 e. The molecule has 0 amide bonds. The van der Waals surface area contributed by atoms with Crippen molar-refractivity contribution in [1.29, 1.82) is 0 Å². The lowest BCUT2D eigenvalue weighted by molar-refractivity contribution is -0.142. The van der Waals surface area contributed by atoms with Gasteiger partial charge in [0, 0.05) is 0 Å². The van der Waals surface area contributed by atoms with Crippen LogP contribution in [0.25, 0.3) is 0 Å². The summed E-state index contributed by atoms with van der Waals surface area (Å²) in [6.45, 7) is 8.17. The van der Waals surface area contributed by atoms with E-state index in [4.69, 9.17) is 4.74 Å². The number of esters is 1. The van der Waals surface area contributed by atoms with Crippen LogP contribution >= 0.6 is 0 Å². The molecule has 1 unspecified atom stereocenters. The van der Waals surface area contributed by atoms with Crippen molar-refractivity contribution >= 4 is 5.97 Å². The van der Waals surface area contributed by atoms with Gasteiger partial charge in [-0.15, -0.1) is 0 Å². The summed E-state index contributed by atoms with van der Waals surface area (Å²) in [6, 6.07) is 0. The Morgan fingerprint density at radius 3 is 2.71 bits per heavy atom. The van der Waals surface area contributed by atoms with Crippen LogP contribution in [0.5, 0.6) is 0 Å². The second kappa shape index (κ2) is 9.00. The lowest BCUT2D eigenvalue weighted by atomic mass is 10.1. The van der Waals surface area contributed by atoms with E-state index < -0.39 is 0 Å². The quantitative estimate of drug-likeness (QED) is 0.482. The van der Waals surface area contributed by atoms with Crippen molar-refractivity contribution < 1.29 is 9.53 Å². The van der Waals surface area contributed by atoms with Gasteiger partial charge in [0.15, 0.2) is 0 Å². The van der Waals surface area contributed by atoms with E-state index in [1.165, 1.54) is 0 Å². The summed E-state index contributed by atoms with van der Waals surface area (Å²) in [4.78, 5) is 11.1. The maximum Gasteiger partial charge on any atom is 0.319 e. The first-order valence-electron chi connectivity index (χ1n) is 5.57. The van der Waals surface area contributed by atoms with Crippen molar-refractivity contribution in [2.45, 2.75) is 40.0 Å². The molecule has 0 aromatic heterocycles. The average Bonchev–Trinajstić information content (AvgIpc) is 2.18. The minimum absolute atomic E-state index is 0.137. The normalized spacial score (nSPS) is 12.5. The van der Waals surface area contributed by atoms with Gasteiger partial charge in [-0.3, -0.25) is 4.79 Å². The molecule has 0 rings (SSSR count). The molecule has 0 aliphatic carbocycles. The van der Waals surface area contributed by atoms with Gasteiger partial charge in [-0.25, -0.2) is 0 Å². The number of nitrogens with one attached hydrogen (secondary N) is 1. The summed E-state index contributed by atoms with van der Waals surface area (Å²) < 4.78 is 5.00. The van der Waals surface area contributed by atoms with Crippen molar-refractivity contribution in [3.63, 3.8) is 0 Å². The van der Waals surface area contributed by atoms with Crippen LogP contribution in [0, 0.1) is 5.92 Å². The van der Waals surface area contributed by atoms with Crippen LogP contribution in [0.2, 0.25) is 0 Å². The Hall–Kier alpha value is -0.570. The maximum absolute atomic E-state index is 11.1. The number of carbonyl (C=O) groups is 1. The second-order valence-electron chi connectivity index (χ2n) is 3.72. The molecule has 0 saturated heterocycles. The van der Waals surface area contributed by atoms with Crippen molar-refractivity contribution in [3.8, 4) is 0 Å². The number of unbranched alkanes of at least 4 members (excludes halogenated alkanes) is 1. The van der Waals surface area contributed by atoms with Crippen molar-refractivity contribution in [2.75, 3.05) is 19.7 Å². The molecule has 84 valence electrons. The molecule has 0 radical (unpaired) electrons. The molecule has 14 heavy (non-hydrogen) atoms. The zero-order valence-corrected chi connectivity index (χ0v) is 9.64. The second-order valence-corrected chi connectivity index (χ2v) is 3.72. The molecule has 3 heteroatoms. The standard InChI is InChI=1S/C11H23NO2/c1-4-6-7-14-11(13)9-12-8-10(3)5-2/h10,12H,4-9H2,1-3H3. The zero-order chi connectivity index (χ0) is 10.8. The highest BCUT2D eigenvalue weighted by molar-refractivity contribution is 5.71. The van der Waals surface area contributed by atoms with Crippen molar-refractivity contribution in [1.82, 2.24) is 5.32 Å². The van der Waals surface area contributed by atoms with Crippen LogP contribution < -0.4 is 5.32 Å². The Kier molecular flexibility index (Phi) is 8.64. The lowest BCUT2D eigenvalue weighted by Gasteiger charge is -2.09. The zero-order valence-electron chi connectivity index (χ0n) is 9.64. The third kappa shape index (κ3) is 8.05. The Balaban J connectivity index is 3.26. The van der Waals surface area contributed by atoms with E-state index >= 15 is 0 Å². The summed E-state index contributed by atoms with van der Waals surface area (Å²) in [5, 5.41) is 3.09. The Bertz CT molecular complexity index is 148. The molecular weight excluding hydrogens is 178 g/mol. The Morgan fingerprint density at radius 2 is 2.14 bits per heavy atom. The largest absolute Gasteiger partial charge is 0.465 e. The molecule has 0 aliphatic rings. The fourth-order valence-corrected chi connectivity index (χ4v) is 0.946. The monoisotopic (exact) mass is 201 g/mol. The first-order chi connectivity index (χ1) is 6.70. The van der Waals surface area contributed by atoms with Gasteiger partial charge in [0.25, 0.3) is 0 Å². The number of rotatable bonds is 8. The summed E-state index contributed by atoms with van der Waals surface area (Å²) >= 11 is 0. The molecule has 0 aromatic rings. The first-order valence-corrected chi connectivity index (χ1v) is 5.57. The SMILES string of the molecule is CCCCOC(=O)CNCC(C)CC. The molecule has 0 saturated carbocycles. The van der Waals surface area contributed by atoms with Crippen LogP contribution in [0.1, 0.15) is 40.0 Å². The molecule has 0 heterocycles. The van der Waals surface area contributed by atoms with Crippen molar-refractivity contribution in [2.24, 2.45) is 5.92 Å². The van der Waals surface area contributed by atoms with Crippen LogP contribution in [0.3, 0.4) is 0 Å². The van der Waals surface area contributed by atoms with Crippen LogP contribution in [0.4, 0.5) is 0 Å². The molecule has 0 fully saturated rings. The van der Waals surface area contributed by atoms with E-state index in [2.05, 4.69) is 26.1 Å². The Labute approximate surface area is 87.2 Å². The smallest absolute Gasteiger partial charge is 0.319 e. The maximum atomic E-state index is 11.1. The number of hydrogen-bond acceptors (Lipinski definition) is 3. The van der Waals surface area contributed by atoms with Gasteiger partial charge in [-0.2, -0.15) is 0 Å². The third-order valence-corrected chi connectivity index (χ3v) is 2.22. The van der Waals surface area contributed by atoms with E-state index in [0.717, 1.165) is 25.8 Å². The molecule has 0 spiro atoms. The van der Waals surface area contributed by atoms with Gasteiger partial charge in [0.1, 0.15) is 0 Å². The molecule has 1 N–H and O–H groups in total. The molecule has 1 atom stereocenters. The molecule has 0 aromatic carbocycles. The van der Waals surface area contributed by atoms with E-state index in [0.29, 0.717) is 19.1 Å².